The van der Waals surface area contributed by atoms with E-state index in [4.69, 9.17) is 0 Å². The van der Waals surface area contributed by atoms with Gasteiger partial charge >= 0.3 is 6.03 Å². The summed E-state index contributed by atoms with van der Waals surface area (Å²) in [5.41, 5.74) is 0.937. The third kappa shape index (κ3) is 4.95. The van der Waals surface area contributed by atoms with Gasteiger partial charge in [0, 0.05) is 22.6 Å². The van der Waals surface area contributed by atoms with Crippen LogP contribution in [0.15, 0.2) is 28.7 Å². The van der Waals surface area contributed by atoms with Crippen LogP contribution < -0.4 is 10.6 Å². The standard InChI is InChI=1S/C20H24BrN5O2S/c21-14-7-4-6-13(12-14)18-24-25-19(29-18)23-17(27)16-10-5-11-26(16)20(28)22-15-8-2-1-3-9-15/h4,6-7,12,15-16H,1-3,5,8-11H2,(H,22,28)(H,23,25,27). The van der Waals surface area contributed by atoms with Crippen LogP contribution in [0.4, 0.5) is 9.93 Å². The summed E-state index contributed by atoms with van der Waals surface area (Å²) < 4.78 is 0.960. The van der Waals surface area contributed by atoms with Crippen LogP contribution in [-0.2, 0) is 4.79 Å². The van der Waals surface area contributed by atoms with Crippen molar-refractivity contribution in [1.82, 2.24) is 20.4 Å². The van der Waals surface area contributed by atoms with Crippen LogP contribution in [0.25, 0.3) is 10.6 Å². The first-order valence-corrected chi connectivity index (χ1v) is 11.7. The first-order chi connectivity index (χ1) is 14.1. The molecule has 2 N–H and O–H groups in total. The summed E-state index contributed by atoms with van der Waals surface area (Å²) in [5, 5.41) is 15.4. The van der Waals surface area contributed by atoms with E-state index in [-0.39, 0.29) is 18.0 Å². The predicted molar refractivity (Wildman–Crippen MR) is 117 cm³/mol. The molecule has 7 nitrogen and oxygen atoms in total. The maximum atomic E-state index is 12.8. The van der Waals surface area contributed by atoms with Gasteiger partial charge in [-0.1, -0.05) is 58.7 Å². The van der Waals surface area contributed by atoms with Crippen molar-refractivity contribution in [3.05, 3.63) is 28.7 Å². The number of likely N-dealkylation sites (tertiary alicyclic amines) is 1. The number of anilines is 1. The summed E-state index contributed by atoms with van der Waals surface area (Å²) in [4.78, 5) is 27.2. The van der Waals surface area contributed by atoms with E-state index in [1.54, 1.807) is 4.90 Å². The van der Waals surface area contributed by atoms with Crippen LogP contribution in [0, 0.1) is 0 Å². The molecular formula is C20H24BrN5O2S. The second kappa shape index (κ2) is 9.21. The molecule has 3 amide bonds. The largest absolute Gasteiger partial charge is 0.335 e. The molecule has 1 saturated heterocycles. The van der Waals surface area contributed by atoms with E-state index in [1.807, 2.05) is 24.3 Å². The fraction of sp³-hybridized carbons (Fsp3) is 0.500. The highest BCUT2D eigenvalue weighted by molar-refractivity contribution is 9.10. The van der Waals surface area contributed by atoms with Crippen molar-refractivity contribution in [2.75, 3.05) is 11.9 Å². The van der Waals surface area contributed by atoms with Crippen molar-refractivity contribution < 1.29 is 9.59 Å². The second-order valence-electron chi connectivity index (χ2n) is 7.55. The molecule has 29 heavy (non-hydrogen) atoms. The molecule has 1 atom stereocenters. The molecule has 2 aliphatic rings. The molecule has 1 saturated carbocycles. The zero-order valence-corrected chi connectivity index (χ0v) is 18.5. The van der Waals surface area contributed by atoms with E-state index in [9.17, 15) is 9.59 Å². The van der Waals surface area contributed by atoms with Crippen LogP contribution >= 0.6 is 27.3 Å². The molecule has 1 unspecified atom stereocenters. The minimum Gasteiger partial charge on any atom is -0.335 e. The van der Waals surface area contributed by atoms with Gasteiger partial charge in [0.2, 0.25) is 11.0 Å². The molecule has 0 spiro atoms. The quantitative estimate of drug-likeness (QED) is 0.682. The van der Waals surface area contributed by atoms with Crippen molar-refractivity contribution in [2.24, 2.45) is 0 Å². The van der Waals surface area contributed by atoms with Gasteiger partial charge in [0.1, 0.15) is 11.0 Å². The van der Waals surface area contributed by atoms with Gasteiger partial charge in [0.25, 0.3) is 0 Å². The average Bonchev–Trinajstić information content (AvgIpc) is 3.38. The number of carbonyl (C=O) groups is 2. The van der Waals surface area contributed by atoms with Crippen molar-refractivity contribution in [3.8, 4) is 10.6 Å². The first kappa shape index (κ1) is 20.3. The number of nitrogens with zero attached hydrogens (tertiary/aromatic N) is 3. The van der Waals surface area contributed by atoms with E-state index in [2.05, 4.69) is 36.8 Å². The van der Waals surface area contributed by atoms with E-state index < -0.39 is 6.04 Å². The molecule has 1 aromatic carbocycles. The molecule has 1 aliphatic carbocycles. The van der Waals surface area contributed by atoms with E-state index in [0.29, 0.717) is 18.1 Å². The Kier molecular flexibility index (Phi) is 6.44. The van der Waals surface area contributed by atoms with E-state index in [0.717, 1.165) is 47.1 Å². The maximum absolute atomic E-state index is 12.8. The van der Waals surface area contributed by atoms with Gasteiger partial charge in [-0.05, 0) is 37.8 Å². The summed E-state index contributed by atoms with van der Waals surface area (Å²) in [7, 11) is 0. The topological polar surface area (TPSA) is 87.2 Å². The Balaban J connectivity index is 1.38. The van der Waals surface area contributed by atoms with Crippen molar-refractivity contribution in [3.63, 3.8) is 0 Å². The van der Waals surface area contributed by atoms with Gasteiger partial charge in [-0.2, -0.15) is 0 Å². The van der Waals surface area contributed by atoms with Crippen molar-refractivity contribution in [1.29, 1.82) is 0 Å². The van der Waals surface area contributed by atoms with E-state index >= 15 is 0 Å². The molecule has 4 rings (SSSR count). The van der Waals surface area contributed by atoms with Gasteiger partial charge in [-0.3, -0.25) is 10.1 Å². The van der Waals surface area contributed by atoms with E-state index in [1.165, 1.54) is 17.8 Å². The van der Waals surface area contributed by atoms with Gasteiger partial charge in [0.05, 0.1) is 0 Å². The third-order valence-electron chi connectivity index (χ3n) is 5.48. The highest BCUT2D eigenvalue weighted by atomic mass is 79.9. The van der Waals surface area contributed by atoms with Crippen LogP contribution in [0.1, 0.15) is 44.9 Å². The molecular weight excluding hydrogens is 454 g/mol. The molecule has 2 aromatic rings. The number of rotatable bonds is 4. The third-order valence-corrected chi connectivity index (χ3v) is 6.86. The zero-order chi connectivity index (χ0) is 20.2. The minimum absolute atomic E-state index is 0.123. The lowest BCUT2D eigenvalue weighted by molar-refractivity contribution is -0.119. The number of urea groups is 1. The highest BCUT2D eigenvalue weighted by Crippen LogP contribution is 2.29. The number of carbonyl (C=O) groups excluding carboxylic acids is 2. The number of benzene rings is 1. The van der Waals surface area contributed by atoms with Crippen molar-refractivity contribution >= 4 is 44.3 Å². The number of amides is 3. The fourth-order valence-electron chi connectivity index (χ4n) is 3.99. The molecule has 2 heterocycles. The highest BCUT2D eigenvalue weighted by Gasteiger charge is 2.35. The van der Waals surface area contributed by atoms with Crippen molar-refractivity contribution in [2.45, 2.75) is 57.0 Å². The van der Waals surface area contributed by atoms with Gasteiger partial charge in [0.15, 0.2) is 0 Å². The lowest BCUT2D eigenvalue weighted by Gasteiger charge is -2.28. The summed E-state index contributed by atoms with van der Waals surface area (Å²) in [6.45, 7) is 0.607. The number of hydrogen-bond donors (Lipinski definition) is 2. The SMILES string of the molecule is O=C(Nc1nnc(-c2cccc(Br)c2)s1)C1CCCN1C(=O)NC1CCCCC1. The minimum atomic E-state index is -0.461. The van der Waals surface area contributed by atoms with Crippen LogP contribution in [0.2, 0.25) is 0 Å². The monoisotopic (exact) mass is 477 g/mol. The number of nitrogens with one attached hydrogen (secondary N) is 2. The summed E-state index contributed by atoms with van der Waals surface area (Å²) in [6.07, 6.45) is 7.11. The Labute approximate surface area is 182 Å². The van der Waals surface area contributed by atoms with Gasteiger partial charge in [-0.15, -0.1) is 10.2 Å². The fourth-order valence-corrected chi connectivity index (χ4v) is 5.13. The molecule has 2 fully saturated rings. The number of halogens is 1. The lowest BCUT2D eigenvalue weighted by Crippen LogP contribution is -2.50. The normalized spacial score (nSPS) is 19.9. The molecule has 0 bridgehead atoms. The number of aromatic nitrogens is 2. The summed E-state index contributed by atoms with van der Waals surface area (Å²) in [5.74, 6) is -0.196. The van der Waals surface area contributed by atoms with Crippen LogP contribution in [0.3, 0.4) is 0 Å². The second-order valence-corrected chi connectivity index (χ2v) is 9.44. The maximum Gasteiger partial charge on any atom is 0.318 e. The van der Waals surface area contributed by atoms with Gasteiger partial charge in [-0.25, -0.2) is 4.79 Å². The summed E-state index contributed by atoms with van der Waals surface area (Å²) >= 11 is 4.78. The summed E-state index contributed by atoms with van der Waals surface area (Å²) in [6, 6.07) is 7.43. The average molecular weight is 478 g/mol. The Hall–Kier alpha value is -2.00. The van der Waals surface area contributed by atoms with Crippen LogP contribution in [-0.4, -0.2) is 45.7 Å². The molecule has 154 valence electrons. The Morgan fingerprint density at radius 1 is 1.10 bits per heavy atom. The first-order valence-electron chi connectivity index (χ1n) is 10.1. The van der Waals surface area contributed by atoms with Crippen LogP contribution in [0.5, 0.6) is 0 Å². The lowest BCUT2D eigenvalue weighted by atomic mass is 9.96. The zero-order valence-electron chi connectivity index (χ0n) is 16.1. The molecule has 9 heteroatoms. The Bertz CT molecular complexity index is 883. The Morgan fingerprint density at radius 3 is 2.72 bits per heavy atom. The molecule has 1 aliphatic heterocycles. The Morgan fingerprint density at radius 2 is 1.93 bits per heavy atom. The number of hydrogen-bond acceptors (Lipinski definition) is 5. The van der Waals surface area contributed by atoms with Gasteiger partial charge < -0.3 is 10.2 Å². The molecule has 0 radical (unpaired) electrons. The predicted octanol–water partition coefficient (Wildman–Crippen LogP) is 4.41. The molecule has 1 aromatic heterocycles. The smallest absolute Gasteiger partial charge is 0.318 e.